The highest BCUT2D eigenvalue weighted by atomic mass is 14.9. The Morgan fingerprint density at radius 2 is 2.00 bits per heavy atom. The van der Waals surface area contributed by atoms with Crippen molar-refractivity contribution >= 4 is 6.08 Å². The van der Waals surface area contributed by atoms with Crippen molar-refractivity contribution in [3.05, 3.63) is 65.8 Å². The summed E-state index contributed by atoms with van der Waals surface area (Å²) < 4.78 is 0. The molecule has 2 rings (SSSR count). The van der Waals surface area contributed by atoms with E-state index in [1.807, 2.05) is 60.8 Å². The topological polar surface area (TPSA) is 35.8 Å². The third-order valence-corrected chi connectivity index (χ3v) is 2.42. The zero-order valence-electron chi connectivity index (χ0n) is 8.80. The Labute approximate surface area is 95.2 Å². The first kappa shape index (κ1) is 10.3. The van der Waals surface area contributed by atoms with E-state index in [1.54, 1.807) is 0 Å². The second kappa shape index (κ2) is 4.99. The number of benzene rings is 1. The van der Waals surface area contributed by atoms with Crippen LogP contribution in [0.25, 0.3) is 6.08 Å². The number of nitrogens with zero attached hydrogens (tertiary/aromatic N) is 1. The molecule has 1 aliphatic carbocycles. The van der Waals surface area contributed by atoms with E-state index >= 15 is 0 Å². The van der Waals surface area contributed by atoms with Crippen molar-refractivity contribution in [1.29, 1.82) is 5.26 Å². The minimum atomic E-state index is -0.0183. The predicted molar refractivity (Wildman–Crippen MR) is 65.2 cm³/mol. The van der Waals surface area contributed by atoms with Crippen molar-refractivity contribution in [2.75, 3.05) is 0 Å². The summed E-state index contributed by atoms with van der Waals surface area (Å²) in [5.74, 6) is 0. The van der Waals surface area contributed by atoms with Crippen LogP contribution in [0.15, 0.2) is 60.2 Å². The summed E-state index contributed by atoms with van der Waals surface area (Å²) in [4.78, 5) is 0. The summed E-state index contributed by atoms with van der Waals surface area (Å²) >= 11 is 0. The van der Waals surface area contributed by atoms with Gasteiger partial charge in [0.25, 0.3) is 0 Å². The van der Waals surface area contributed by atoms with Crippen LogP contribution in [0.1, 0.15) is 5.56 Å². The Kier molecular flexibility index (Phi) is 3.20. The Bertz CT molecular complexity index is 475. The van der Waals surface area contributed by atoms with Gasteiger partial charge < -0.3 is 5.32 Å². The van der Waals surface area contributed by atoms with Gasteiger partial charge in [0.2, 0.25) is 0 Å². The third-order valence-electron chi connectivity index (χ3n) is 2.42. The third kappa shape index (κ3) is 2.40. The molecule has 78 valence electrons. The summed E-state index contributed by atoms with van der Waals surface area (Å²) in [6.45, 7) is 0. The van der Waals surface area contributed by atoms with E-state index in [1.165, 1.54) is 0 Å². The molecule has 1 aliphatic rings. The lowest BCUT2D eigenvalue weighted by Gasteiger charge is -2.14. The second-order valence-electron chi connectivity index (χ2n) is 3.53. The standard InChI is InChI=1S/C14H12N2/c15-11-16-14-9-5-4-8-13(14)10-12-6-2-1-3-7-12/h1-10,14,16H. The van der Waals surface area contributed by atoms with Crippen molar-refractivity contribution in [2.24, 2.45) is 0 Å². The van der Waals surface area contributed by atoms with Crippen LogP contribution in [0.3, 0.4) is 0 Å². The molecule has 1 atom stereocenters. The number of hydrogen-bond acceptors (Lipinski definition) is 2. The summed E-state index contributed by atoms with van der Waals surface area (Å²) in [6.07, 6.45) is 12.0. The lowest BCUT2D eigenvalue weighted by atomic mass is 9.99. The minimum Gasteiger partial charge on any atom is -0.313 e. The fourth-order valence-electron chi connectivity index (χ4n) is 1.64. The van der Waals surface area contributed by atoms with Gasteiger partial charge in [-0.05, 0) is 17.2 Å². The molecule has 0 radical (unpaired) electrons. The van der Waals surface area contributed by atoms with Crippen molar-refractivity contribution in [2.45, 2.75) is 6.04 Å². The Balaban J connectivity index is 2.26. The smallest absolute Gasteiger partial charge is 0.177 e. The van der Waals surface area contributed by atoms with Crippen LogP contribution in [-0.4, -0.2) is 6.04 Å². The molecule has 2 heteroatoms. The van der Waals surface area contributed by atoms with Gasteiger partial charge in [-0.1, -0.05) is 54.6 Å². The molecular weight excluding hydrogens is 196 g/mol. The molecule has 0 amide bonds. The van der Waals surface area contributed by atoms with Crippen molar-refractivity contribution < 1.29 is 0 Å². The van der Waals surface area contributed by atoms with E-state index < -0.39 is 0 Å². The number of nitriles is 1. The zero-order chi connectivity index (χ0) is 11.2. The van der Waals surface area contributed by atoms with Crippen LogP contribution < -0.4 is 5.32 Å². The molecule has 2 nitrogen and oxygen atoms in total. The first-order valence-electron chi connectivity index (χ1n) is 5.16. The van der Waals surface area contributed by atoms with Crippen LogP contribution in [0.4, 0.5) is 0 Å². The highest BCUT2D eigenvalue weighted by Gasteiger charge is 2.09. The fourth-order valence-corrected chi connectivity index (χ4v) is 1.64. The SMILES string of the molecule is N#CNC1C=CC=CC1=Cc1ccccc1. The summed E-state index contributed by atoms with van der Waals surface area (Å²) in [5, 5.41) is 11.4. The quantitative estimate of drug-likeness (QED) is 0.599. The van der Waals surface area contributed by atoms with E-state index in [-0.39, 0.29) is 6.04 Å². The maximum atomic E-state index is 8.66. The van der Waals surface area contributed by atoms with E-state index in [0.717, 1.165) is 11.1 Å². The average Bonchev–Trinajstić information content (AvgIpc) is 2.33. The molecule has 1 N–H and O–H groups in total. The second-order valence-corrected chi connectivity index (χ2v) is 3.53. The molecule has 0 saturated carbocycles. The molecular formula is C14H12N2. The first-order valence-corrected chi connectivity index (χ1v) is 5.16. The fraction of sp³-hybridized carbons (Fsp3) is 0.0714. The van der Waals surface area contributed by atoms with E-state index in [0.29, 0.717) is 0 Å². The zero-order valence-corrected chi connectivity index (χ0v) is 8.80. The predicted octanol–water partition coefficient (Wildman–Crippen LogP) is 2.64. The number of hydrogen-bond donors (Lipinski definition) is 1. The summed E-state index contributed by atoms with van der Waals surface area (Å²) in [7, 11) is 0. The van der Waals surface area contributed by atoms with Crippen LogP contribution in [0.2, 0.25) is 0 Å². The van der Waals surface area contributed by atoms with Gasteiger partial charge in [0.1, 0.15) is 0 Å². The monoisotopic (exact) mass is 208 g/mol. The van der Waals surface area contributed by atoms with Crippen molar-refractivity contribution in [1.82, 2.24) is 5.32 Å². The Morgan fingerprint density at radius 3 is 2.75 bits per heavy atom. The number of allylic oxidation sites excluding steroid dienone is 2. The van der Waals surface area contributed by atoms with Crippen molar-refractivity contribution in [3.8, 4) is 6.19 Å². The Hall–Kier alpha value is -2.27. The lowest BCUT2D eigenvalue weighted by Crippen LogP contribution is -2.24. The van der Waals surface area contributed by atoms with Gasteiger partial charge in [-0.2, -0.15) is 5.26 Å². The summed E-state index contributed by atoms with van der Waals surface area (Å²) in [6, 6.07) is 10.1. The first-order chi connectivity index (χ1) is 7.90. The van der Waals surface area contributed by atoms with Gasteiger partial charge in [-0.15, -0.1) is 0 Å². The molecule has 0 spiro atoms. The van der Waals surface area contributed by atoms with Crippen LogP contribution in [-0.2, 0) is 0 Å². The van der Waals surface area contributed by atoms with Gasteiger partial charge >= 0.3 is 0 Å². The molecule has 0 aromatic heterocycles. The normalized spacial score (nSPS) is 20.7. The molecule has 0 saturated heterocycles. The molecule has 0 heterocycles. The molecule has 0 bridgehead atoms. The molecule has 1 unspecified atom stereocenters. The average molecular weight is 208 g/mol. The minimum absolute atomic E-state index is 0.0183. The molecule has 0 aliphatic heterocycles. The lowest BCUT2D eigenvalue weighted by molar-refractivity contribution is 0.823. The largest absolute Gasteiger partial charge is 0.313 e. The van der Waals surface area contributed by atoms with E-state index in [4.69, 9.17) is 5.26 Å². The molecule has 1 aromatic carbocycles. The van der Waals surface area contributed by atoms with Gasteiger partial charge in [-0.25, -0.2) is 0 Å². The van der Waals surface area contributed by atoms with Crippen LogP contribution >= 0.6 is 0 Å². The van der Waals surface area contributed by atoms with E-state index in [9.17, 15) is 0 Å². The summed E-state index contributed by atoms with van der Waals surface area (Å²) in [5.41, 5.74) is 2.23. The van der Waals surface area contributed by atoms with Gasteiger partial charge in [0.15, 0.2) is 6.19 Å². The van der Waals surface area contributed by atoms with Crippen molar-refractivity contribution in [3.63, 3.8) is 0 Å². The van der Waals surface area contributed by atoms with Crippen LogP contribution in [0, 0.1) is 11.5 Å². The number of rotatable bonds is 2. The maximum absolute atomic E-state index is 8.66. The molecule has 16 heavy (non-hydrogen) atoms. The van der Waals surface area contributed by atoms with Gasteiger partial charge in [0.05, 0.1) is 6.04 Å². The highest BCUT2D eigenvalue weighted by molar-refractivity contribution is 5.59. The van der Waals surface area contributed by atoms with E-state index in [2.05, 4.69) is 11.4 Å². The van der Waals surface area contributed by atoms with Gasteiger partial charge in [-0.3, -0.25) is 0 Å². The molecule has 1 aromatic rings. The number of nitrogens with one attached hydrogen (secondary N) is 1. The Morgan fingerprint density at radius 1 is 1.19 bits per heavy atom. The maximum Gasteiger partial charge on any atom is 0.177 e. The van der Waals surface area contributed by atoms with Gasteiger partial charge in [0, 0.05) is 0 Å². The van der Waals surface area contributed by atoms with Crippen LogP contribution in [0.5, 0.6) is 0 Å². The molecule has 0 fully saturated rings. The highest BCUT2D eigenvalue weighted by Crippen LogP contribution is 2.15.